The lowest BCUT2D eigenvalue weighted by molar-refractivity contribution is -0.132. The standard InChI is InChI=1S/C18H29N3O2.ClH/c1-18(2)13-21(10-9-16(18)19)12-17(22)20(3)11-14-5-7-15(23-4)8-6-14;/h5-8,16H,9-13,19H2,1-4H3;1H. The summed E-state index contributed by atoms with van der Waals surface area (Å²) in [6.07, 6.45) is 0.947. The van der Waals surface area contributed by atoms with Crippen LogP contribution in [0.5, 0.6) is 5.75 Å². The molecule has 1 amide bonds. The van der Waals surface area contributed by atoms with Crippen LogP contribution in [0.25, 0.3) is 0 Å². The fourth-order valence-electron chi connectivity index (χ4n) is 3.02. The Morgan fingerprint density at radius 1 is 1.38 bits per heavy atom. The summed E-state index contributed by atoms with van der Waals surface area (Å²) in [6.45, 7) is 7.19. The van der Waals surface area contributed by atoms with Crippen molar-refractivity contribution in [2.75, 3.05) is 33.8 Å². The van der Waals surface area contributed by atoms with Crippen molar-refractivity contribution >= 4 is 18.3 Å². The number of piperidine rings is 1. The molecule has 0 aromatic heterocycles. The number of nitrogens with two attached hydrogens (primary N) is 1. The molecule has 1 heterocycles. The Morgan fingerprint density at radius 2 is 2.00 bits per heavy atom. The van der Waals surface area contributed by atoms with Crippen LogP contribution in [0.4, 0.5) is 0 Å². The summed E-state index contributed by atoms with van der Waals surface area (Å²) in [4.78, 5) is 16.5. The molecule has 1 fully saturated rings. The lowest BCUT2D eigenvalue weighted by Gasteiger charge is -2.42. The van der Waals surface area contributed by atoms with Gasteiger partial charge in [0.15, 0.2) is 0 Å². The smallest absolute Gasteiger partial charge is 0.236 e. The summed E-state index contributed by atoms with van der Waals surface area (Å²) in [7, 11) is 3.50. The maximum Gasteiger partial charge on any atom is 0.236 e. The average molecular weight is 356 g/mol. The van der Waals surface area contributed by atoms with Gasteiger partial charge in [-0.25, -0.2) is 0 Å². The Labute approximate surface area is 151 Å². The molecule has 136 valence electrons. The van der Waals surface area contributed by atoms with E-state index in [1.165, 1.54) is 0 Å². The number of likely N-dealkylation sites (tertiary alicyclic amines) is 1. The van der Waals surface area contributed by atoms with Crippen molar-refractivity contribution in [1.29, 1.82) is 0 Å². The number of benzene rings is 1. The van der Waals surface area contributed by atoms with E-state index in [0.29, 0.717) is 13.1 Å². The summed E-state index contributed by atoms with van der Waals surface area (Å²) >= 11 is 0. The Morgan fingerprint density at radius 3 is 2.54 bits per heavy atom. The monoisotopic (exact) mass is 355 g/mol. The van der Waals surface area contributed by atoms with E-state index in [4.69, 9.17) is 10.5 Å². The number of carbonyl (C=O) groups is 1. The molecule has 0 aliphatic carbocycles. The summed E-state index contributed by atoms with van der Waals surface area (Å²) in [6, 6.07) is 8.03. The van der Waals surface area contributed by atoms with Gasteiger partial charge in [-0.15, -0.1) is 12.4 Å². The summed E-state index contributed by atoms with van der Waals surface area (Å²) in [5, 5.41) is 0. The van der Waals surface area contributed by atoms with E-state index in [1.807, 2.05) is 31.3 Å². The summed E-state index contributed by atoms with van der Waals surface area (Å²) < 4.78 is 5.15. The molecular formula is C18H30ClN3O2. The second kappa shape index (κ2) is 8.70. The van der Waals surface area contributed by atoms with E-state index in [2.05, 4.69) is 18.7 Å². The number of ether oxygens (including phenoxy) is 1. The SMILES string of the molecule is COc1ccc(CN(C)C(=O)CN2CCC(N)C(C)(C)C2)cc1.Cl. The second-order valence-electron chi connectivity index (χ2n) is 7.19. The lowest BCUT2D eigenvalue weighted by atomic mass is 9.80. The first-order valence-electron chi connectivity index (χ1n) is 8.16. The quantitative estimate of drug-likeness (QED) is 0.879. The van der Waals surface area contributed by atoms with Crippen molar-refractivity contribution < 1.29 is 9.53 Å². The molecule has 5 nitrogen and oxygen atoms in total. The maximum atomic E-state index is 12.5. The van der Waals surface area contributed by atoms with E-state index >= 15 is 0 Å². The van der Waals surface area contributed by atoms with Crippen molar-refractivity contribution in [3.05, 3.63) is 29.8 Å². The Bertz CT molecular complexity index is 534. The summed E-state index contributed by atoms with van der Waals surface area (Å²) in [5.74, 6) is 0.974. The van der Waals surface area contributed by atoms with Crippen molar-refractivity contribution in [3.8, 4) is 5.75 Å². The van der Waals surface area contributed by atoms with Gasteiger partial charge in [0.05, 0.1) is 13.7 Å². The van der Waals surface area contributed by atoms with Crippen LogP contribution in [0.1, 0.15) is 25.8 Å². The van der Waals surface area contributed by atoms with Gasteiger partial charge in [0.1, 0.15) is 5.75 Å². The first-order valence-corrected chi connectivity index (χ1v) is 8.16. The number of methoxy groups -OCH3 is 1. The van der Waals surface area contributed by atoms with Crippen LogP contribution in [-0.4, -0.2) is 55.5 Å². The lowest BCUT2D eigenvalue weighted by Crippen LogP contribution is -2.54. The molecule has 1 aromatic carbocycles. The molecule has 2 N–H and O–H groups in total. The highest BCUT2D eigenvalue weighted by atomic mass is 35.5. The van der Waals surface area contributed by atoms with Crippen LogP contribution in [0.2, 0.25) is 0 Å². The third-order valence-electron chi connectivity index (χ3n) is 4.75. The zero-order chi connectivity index (χ0) is 17.0. The molecule has 1 aliphatic heterocycles. The molecule has 0 spiro atoms. The van der Waals surface area contributed by atoms with E-state index < -0.39 is 0 Å². The largest absolute Gasteiger partial charge is 0.497 e. The molecule has 1 atom stereocenters. The predicted molar refractivity (Wildman–Crippen MR) is 99.5 cm³/mol. The zero-order valence-electron chi connectivity index (χ0n) is 15.1. The number of rotatable bonds is 5. The van der Waals surface area contributed by atoms with Gasteiger partial charge < -0.3 is 15.4 Å². The number of hydrogen-bond donors (Lipinski definition) is 1. The number of hydrogen-bond acceptors (Lipinski definition) is 4. The highest BCUT2D eigenvalue weighted by molar-refractivity contribution is 5.85. The number of halogens is 1. The molecule has 1 unspecified atom stereocenters. The maximum absolute atomic E-state index is 12.5. The molecule has 6 heteroatoms. The van der Waals surface area contributed by atoms with Gasteiger partial charge in [0.2, 0.25) is 5.91 Å². The molecule has 1 aliphatic rings. The van der Waals surface area contributed by atoms with Crippen LogP contribution in [0, 0.1) is 5.41 Å². The van der Waals surface area contributed by atoms with Crippen LogP contribution < -0.4 is 10.5 Å². The molecule has 1 aromatic rings. The summed E-state index contributed by atoms with van der Waals surface area (Å²) in [5.41, 5.74) is 7.32. The molecule has 0 radical (unpaired) electrons. The van der Waals surface area contributed by atoms with Gasteiger partial charge in [-0.3, -0.25) is 9.69 Å². The zero-order valence-corrected chi connectivity index (χ0v) is 15.9. The van der Waals surface area contributed by atoms with Gasteiger partial charge in [0, 0.05) is 32.7 Å². The van der Waals surface area contributed by atoms with Crippen molar-refractivity contribution in [1.82, 2.24) is 9.80 Å². The molecule has 0 saturated carbocycles. The Balaban J connectivity index is 0.00000288. The fourth-order valence-corrected chi connectivity index (χ4v) is 3.02. The van der Waals surface area contributed by atoms with Gasteiger partial charge in [-0.05, 0) is 29.5 Å². The number of amides is 1. The molecule has 1 saturated heterocycles. The molecule has 2 rings (SSSR count). The minimum Gasteiger partial charge on any atom is -0.497 e. The van der Waals surface area contributed by atoms with Gasteiger partial charge in [0.25, 0.3) is 0 Å². The minimum absolute atomic E-state index is 0. The second-order valence-corrected chi connectivity index (χ2v) is 7.19. The van der Waals surface area contributed by atoms with Gasteiger partial charge in [-0.2, -0.15) is 0 Å². The van der Waals surface area contributed by atoms with Crippen LogP contribution >= 0.6 is 12.4 Å². The predicted octanol–water partition coefficient (Wildman–Crippen LogP) is 2.13. The average Bonchev–Trinajstić information content (AvgIpc) is 2.51. The normalized spacial score (nSPS) is 20.1. The number of carbonyl (C=O) groups excluding carboxylic acids is 1. The molecule has 24 heavy (non-hydrogen) atoms. The number of likely N-dealkylation sites (N-methyl/N-ethyl adjacent to an activating group) is 1. The highest BCUT2D eigenvalue weighted by Crippen LogP contribution is 2.27. The van der Waals surface area contributed by atoms with E-state index in [1.54, 1.807) is 12.0 Å². The number of nitrogens with zero attached hydrogens (tertiary/aromatic N) is 2. The van der Waals surface area contributed by atoms with Crippen molar-refractivity contribution in [3.63, 3.8) is 0 Å². The Kier molecular flexibility index (Phi) is 7.52. The third-order valence-corrected chi connectivity index (χ3v) is 4.75. The van der Waals surface area contributed by atoms with Crippen LogP contribution in [0.15, 0.2) is 24.3 Å². The van der Waals surface area contributed by atoms with E-state index in [-0.39, 0.29) is 29.8 Å². The fraction of sp³-hybridized carbons (Fsp3) is 0.611. The van der Waals surface area contributed by atoms with Crippen LogP contribution in [0.3, 0.4) is 0 Å². The van der Waals surface area contributed by atoms with Gasteiger partial charge >= 0.3 is 0 Å². The van der Waals surface area contributed by atoms with Crippen molar-refractivity contribution in [2.45, 2.75) is 32.9 Å². The van der Waals surface area contributed by atoms with E-state index in [9.17, 15) is 4.79 Å². The van der Waals surface area contributed by atoms with Crippen LogP contribution in [-0.2, 0) is 11.3 Å². The Hall–Kier alpha value is -1.30. The van der Waals surface area contributed by atoms with Crippen molar-refractivity contribution in [2.24, 2.45) is 11.1 Å². The van der Waals surface area contributed by atoms with E-state index in [0.717, 1.165) is 30.8 Å². The highest BCUT2D eigenvalue weighted by Gasteiger charge is 2.34. The van der Waals surface area contributed by atoms with Gasteiger partial charge in [-0.1, -0.05) is 26.0 Å². The minimum atomic E-state index is 0. The first-order chi connectivity index (χ1) is 10.8. The first kappa shape index (κ1) is 20.7. The molecular weight excluding hydrogens is 326 g/mol. The topological polar surface area (TPSA) is 58.8 Å². The molecule has 0 bridgehead atoms. The third kappa shape index (κ3) is 5.36.